The maximum Gasteiger partial charge on any atom is 0.148 e. The summed E-state index contributed by atoms with van der Waals surface area (Å²) in [5, 5.41) is 0. The van der Waals surface area contributed by atoms with Gasteiger partial charge in [0.1, 0.15) is 5.82 Å². The smallest absolute Gasteiger partial charge is 0.148 e. The van der Waals surface area contributed by atoms with Gasteiger partial charge in [-0.05, 0) is 31.0 Å². The standard InChI is InChI=1S/C14H17FN2OS/c1-2-10-4-3-5-11(8-10)18-19-12-6-7-14(17-16)13(15)9-12/h3-7,9,11,17H,2,8,16H2,1H3. The Morgan fingerprint density at radius 2 is 2.37 bits per heavy atom. The van der Waals surface area contributed by atoms with Crippen LogP contribution >= 0.6 is 12.0 Å². The molecule has 1 aliphatic carbocycles. The van der Waals surface area contributed by atoms with Gasteiger partial charge in [0.15, 0.2) is 0 Å². The van der Waals surface area contributed by atoms with Gasteiger partial charge in [-0.15, -0.1) is 0 Å². The van der Waals surface area contributed by atoms with Crippen molar-refractivity contribution in [3.63, 3.8) is 0 Å². The number of allylic oxidation sites excluding steroid dienone is 2. The highest BCUT2D eigenvalue weighted by Gasteiger charge is 2.12. The molecule has 0 amide bonds. The van der Waals surface area contributed by atoms with E-state index in [0.717, 1.165) is 17.7 Å². The van der Waals surface area contributed by atoms with Crippen molar-refractivity contribution in [2.24, 2.45) is 5.84 Å². The van der Waals surface area contributed by atoms with Gasteiger partial charge in [0.2, 0.25) is 0 Å². The molecule has 1 aliphatic rings. The van der Waals surface area contributed by atoms with Gasteiger partial charge in [-0.1, -0.05) is 30.7 Å². The zero-order chi connectivity index (χ0) is 13.7. The molecule has 0 radical (unpaired) electrons. The Kier molecular flexibility index (Phi) is 5.01. The predicted molar refractivity (Wildman–Crippen MR) is 77.1 cm³/mol. The second-order valence-electron chi connectivity index (χ2n) is 4.27. The molecule has 1 atom stereocenters. The van der Waals surface area contributed by atoms with Crippen LogP contribution in [0.3, 0.4) is 0 Å². The molecule has 2 rings (SSSR count). The maximum atomic E-state index is 13.5. The Bertz CT molecular complexity index is 502. The van der Waals surface area contributed by atoms with E-state index in [-0.39, 0.29) is 17.6 Å². The van der Waals surface area contributed by atoms with Crippen LogP contribution in [0, 0.1) is 5.82 Å². The first kappa shape index (κ1) is 14.1. The zero-order valence-corrected chi connectivity index (χ0v) is 11.5. The molecule has 0 fully saturated rings. The topological polar surface area (TPSA) is 47.3 Å². The number of rotatable bonds is 5. The first-order valence-corrected chi connectivity index (χ1v) is 6.92. The van der Waals surface area contributed by atoms with E-state index in [0.29, 0.717) is 0 Å². The van der Waals surface area contributed by atoms with Crippen molar-refractivity contribution in [1.82, 2.24) is 0 Å². The minimum absolute atomic E-state index is 0.0420. The average molecular weight is 280 g/mol. The molecule has 0 saturated carbocycles. The molecule has 3 N–H and O–H groups in total. The van der Waals surface area contributed by atoms with Gasteiger partial charge in [0, 0.05) is 16.9 Å². The second kappa shape index (κ2) is 6.75. The fraction of sp³-hybridized carbons (Fsp3) is 0.286. The van der Waals surface area contributed by atoms with Crippen molar-refractivity contribution >= 4 is 17.7 Å². The summed E-state index contributed by atoms with van der Waals surface area (Å²) >= 11 is 1.19. The molecule has 102 valence electrons. The molecular formula is C14H17FN2OS. The molecule has 0 spiro atoms. The molecule has 1 aromatic rings. The number of nitrogens with two attached hydrogens (primary N) is 1. The van der Waals surface area contributed by atoms with E-state index in [1.165, 1.54) is 23.7 Å². The van der Waals surface area contributed by atoms with Crippen LogP contribution in [0.5, 0.6) is 0 Å². The molecule has 0 bridgehead atoms. The molecule has 1 unspecified atom stereocenters. The number of hydrogen-bond donors (Lipinski definition) is 2. The monoisotopic (exact) mass is 280 g/mol. The van der Waals surface area contributed by atoms with E-state index in [1.54, 1.807) is 12.1 Å². The minimum atomic E-state index is -0.385. The number of nitrogen functional groups attached to an aromatic ring is 1. The first-order chi connectivity index (χ1) is 9.22. The lowest BCUT2D eigenvalue weighted by Gasteiger charge is -2.17. The predicted octanol–water partition coefficient (Wildman–Crippen LogP) is 3.80. The third-order valence-electron chi connectivity index (χ3n) is 2.94. The van der Waals surface area contributed by atoms with Gasteiger partial charge >= 0.3 is 0 Å². The van der Waals surface area contributed by atoms with Crippen LogP contribution < -0.4 is 11.3 Å². The van der Waals surface area contributed by atoms with E-state index < -0.39 is 0 Å². The lowest BCUT2D eigenvalue weighted by molar-refractivity contribution is 0.293. The molecule has 0 aromatic heterocycles. The third kappa shape index (κ3) is 3.83. The fourth-order valence-corrected chi connectivity index (χ4v) is 2.46. The van der Waals surface area contributed by atoms with Gasteiger partial charge in [0.25, 0.3) is 0 Å². The quantitative estimate of drug-likeness (QED) is 0.489. The summed E-state index contributed by atoms with van der Waals surface area (Å²) in [6.07, 6.45) is 8.10. The second-order valence-corrected chi connectivity index (χ2v) is 5.10. The SMILES string of the molecule is CCC1=CC=CC(OSc2ccc(NN)c(F)c2)C1. The Labute approximate surface area is 116 Å². The summed E-state index contributed by atoms with van der Waals surface area (Å²) in [5.41, 5.74) is 3.94. The summed E-state index contributed by atoms with van der Waals surface area (Å²) < 4.78 is 19.2. The molecule has 0 aliphatic heterocycles. The van der Waals surface area contributed by atoms with E-state index in [2.05, 4.69) is 18.4 Å². The van der Waals surface area contributed by atoms with Crippen LogP contribution in [0.1, 0.15) is 19.8 Å². The molecule has 3 nitrogen and oxygen atoms in total. The van der Waals surface area contributed by atoms with Gasteiger partial charge in [0.05, 0.1) is 11.8 Å². The number of benzene rings is 1. The number of hydrogen-bond acceptors (Lipinski definition) is 4. The number of nitrogens with one attached hydrogen (secondary N) is 1. The zero-order valence-electron chi connectivity index (χ0n) is 10.7. The van der Waals surface area contributed by atoms with Crippen molar-refractivity contribution in [1.29, 1.82) is 0 Å². The van der Waals surface area contributed by atoms with Crippen molar-refractivity contribution < 1.29 is 8.57 Å². The van der Waals surface area contributed by atoms with Crippen molar-refractivity contribution in [2.75, 3.05) is 5.43 Å². The fourth-order valence-electron chi connectivity index (χ4n) is 1.82. The normalized spacial score (nSPS) is 18.3. The van der Waals surface area contributed by atoms with Crippen LogP contribution in [0.25, 0.3) is 0 Å². The Morgan fingerprint density at radius 1 is 1.53 bits per heavy atom. The largest absolute Gasteiger partial charge is 0.321 e. The van der Waals surface area contributed by atoms with Gasteiger partial charge in [-0.25, -0.2) is 4.39 Å². The van der Waals surface area contributed by atoms with Crippen LogP contribution in [-0.2, 0) is 4.18 Å². The summed E-state index contributed by atoms with van der Waals surface area (Å²) in [4.78, 5) is 0.720. The maximum absolute atomic E-state index is 13.5. The van der Waals surface area contributed by atoms with Crippen molar-refractivity contribution in [3.05, 3.63) is 47.8 Å². The van der Waals surface area contributed by atoms with E-state index in [9.17, 15) is 4.39 Å². The van der Waals surface area contributed by atoms with Crippen LogP contribution in [-0.4, -0.2) is 6.10 Å². The van der Waals surface area contributed by atoms with Gasteiger partial charge in [-0.2, -0.15) is 0 Å². The van der Waals surface area contributed by atoms with Crippen LogP contribution in [0.2, 0.25) is 0 Å². The van der Waals surface area contributed by atoms with Gasteiger partial charge in [-0.3, -0.25) is 5.84 Å². The highest BCUT2D eigenvalue weighted by atomic mass is 32.2. The molecule has 1 aromatic carbocycles. The molecule has 19 heavy (non-hydrogen) atoms. The van der Waals surface area contributed by atoms with E-state index in [1.807, 2.05) is 12.2 Å². The van der Waals surface area contributed by atoms with Crippen LogP contribution in [0.4, 0.5) is 10.1 Å². The molecule has 0 saturated heterocycles. The minimum Gasteiger partial charge on any atom is -0.321 e. The highest BCUT2D eigenvalue weighted by Crippen LogP contribution is 2.28. The lowest BCUT2D eigenvalue weighted by atomic mass is 10.0. The molecular weight excluding hydrogens is 263 g/mol. The Balaban J connectivity index is 1.91. The molecule has 5 heteroatoms. The number of halogens is 1. The summed E-state index contributed by atoms with van der Waals surface area (Å²) in [6, 6.07) is 4.77. The number of anilines is 1. The summed E-state index contributed by atoms with van der Waals surface area (Å²) in [6.45, 7) is 2.13. The Morgan fingerprint density at radius 3 is 3.05 bits per heavy atom. The number of hydrazine groups is 1. The highest BCUT2D eigenvalue weighted by molar-refractivity contribution is 7.94. The summed E-state index contributed by atoms with van der Waals surface area (Å²) in [7, 11) is 0. The third-order valence-corrected chi connectivity index (χ3v) is 3.73. The van der Waals surface area contributed by atoms with E-state index in [4.69, 9.17) is 10.0 Å². The Hall–Kier alpha value is -1.30. The van der Waals surface area contributed by atoms with Crippen molar-refractivity contribution in [2.45, 2.75) is 30.8 Å². The van der Waals surface area contributed by atoms with E-state index >= 15 is 0 Å². The first-order valence-electron chi connectivity index (χ1n) is 6.18. The average Bonchev–Trinajstić information content (AvgIpc) is 2.45. The lowest BCUT2D eigenvalue weighted by Crippen LogP contribution is -2.09. The summed E-state index contributed by atoms with van der Waals surface area (Å²) in [5.74, 6) is 4.79. The molecule has 0 heterocycles. The van der Waals surface area contributed by atoms with Crippen LogP contribution in [0.15, 0.2) is 46.9 Å². The van der Waals surface area contributed by atoms with Crippen molar-refractivity contribution in [3.8, 4) is 0 Å². The van der Waals surface area contributed by atoms with Gasteiger partial charge < -0.3 is 9.61 Å².